The molecule has 0 amide bonds. The maximum absolute atomic E-state index is 6.06. The fraction of sp³-hybridized carbons (Fsp3) is 0.391. The van der Waals surface area contributed by atoms with Crippen LogP contribution in [0.15, 0.2) is 59.0 Å². The fourth-order valence-electron chi connectivity index (χ4n) is 4.02. The number of hydrogen-bond acceptors (Lipinski definition) is 5. The zero-order chi connectivity index (χ0) is 19.3. The Bertz CT molecular complexity index is 876. The molecule has 0 spiro atoms. The van der Waals surface area contributed by atoms with E-state index in [0.717, 1.165) is 24.3 Å². The highest BCUT2D eigenvalue weighted by molar-refractivity contribution is 5.51. The van der Waals surface area contributed by atoms with Gasteiger partial charge in [-0.15, -0.1) is 10.2 Å². The molecule has 1 aliphatic heterocycles. The van der Waals surface area contributed by atoms with Gasteiger partial charge >= 0.3 is 0 Å². The summed E-state index contributed by atoms with van der Waals surface area (Å²) < 4.78 is 11.4. The average molecular weight is 377 g/mol. The van der Waals surface area contributed by atoms with Crippen molar-refractivity contribution in [1.29, 1.82) is 0 Å². The molecule has 2 atom stereocenters. The molecule has 0 unspecified atom stereocenters. The van der Waals surface area contributed by atoms with E-state index in [1.54, 1.807) is 7.11 Å². The van der Waals surface area contributed by atoms with Crippen LogP contribution in [0.2, 0.25) is 0 Å². The Morgan fingerprint density at radius 3 is 2.54 bits per heavy atom. The third kappa shape index (κ3) is 3.94. The van der Waals surface area contributed by atoms with Crippen molar-refractivity contribution < 1.29 is 9.15 Å². The molecule has 5 heteroatoms. The van der Waals surface area contributed by atoms with Crippen molar-refractivity contribution in [2.45, 2.75) is 44.7 Å². The van der Waals surface area contributed by atoms with Crippen molar-refractivity contribution in [2.75, 3.05) is 13.7 Å². The van der Waals surface area contributed by atoms with Gasteiger partial charge in [0.15, 0.2) is 0 Å². The second kappa shape index (κ2) is 8.57. The average Bonchev–Trinajstić information content (AvgIpc) is 3.12. The maximum atomic E-state index is 6.06. The van der Waals surface area contributed by atoms with Crippen molar-refractivity contribution in [2.24, 2.45) is 0 Å². The number of methoxy groups -OCH3 is 1. The Labute approximate surface area is 166 Å². The van der Waals surface area contributed by atoms with Gasteiger partial charge in [-0.3, -0.25) is 4.90 Å². The summed E-state index contributed by atoms with van der Waals surface area (Å²) in [4.78, 5) is 2.51. The quantitative estimate of drug-likeness (QED) is 0.594. The number of ether oxygens (including phenoxy) is 1. The number of hydrogen-bond donors (Lipinski definition) is 0. The van der Waals surface area contributed by atoms with Crippen molar-refractivity contribution in [3.8, 4) is 17.2 Å². The standard InChI is InChI=1S/C23H27N3O2/c1-17(22-24-25-23(28-22)19-9-5-3-6-10-19)26-16-8-4-7-11-21(26)18-12-14-20(27-2)15-13-18/h3,5-6,9-10,12-15,17,21H,4,7-8,11,16H2,1-2H3/t17-,21+/m0/s1. The summed E-state index contributed by atoms with van der Waals surface area (Å²) in [5.74, 6) is 2.15. The molecule has 28 heavy (non-hydrogen) atoms. The van der Waals surface area contributed by atoms with Gasteiger partial charge in [0.05, 0.1) is 13.2 Å². The number of benzene rings is 2. The van der Waals surface area contributed by atoms with Crippen molar-refractivity contribution in [3.05, 3.63) is 66.1 Å². The molecular formula is C23H27N3O2. The van der Waals surface area contributed by atoms with Gasteiger partial charge in [-0.25, -0.2) is 0 Å². The molecule has 0 N–H and O–H groups in total. The summed E-state index contributed by atoms with van der Waals surface area (Å²) in [6, 6.07) is 18.8. The topological polar surface area (TPSA) is 51.4 Å². The summed E-state index contributed by atoms with van der Waals surface area (Å²) >= 11 is 0. The van der Waals surface area contributed by atoms with E-state index in [9.17, 15) is 0 Å². The second-order valence-corrected chi connectivity index (χ2v) is 7.36. The van der Waals surface area contributed by atoms with Crippen LogP contribution in [0.1, 0.15) is 56.1 Å². The largest absolute Gasteiger partial charge is 0.497 e. The smallest absolute Gasteiger partial charge is 0.247 e. The lowest BCUT2D eigenvalue weighted by Crippen LogP contribution is -2.31. The predicted molar refractivity (Wildman–Crippen MR) is 109 cm³/mol. The van der Waals surface area contributed by atoms with Gasteiger partial charge in [0.2, 0.25) is 11.8 Å². The van der Waals surface area contributed by atoms with Gasteiger partial charge in [0.25, 0.3) is 0 Å². The minimum absolute atomic E-state index is 0.0650. The van der Waals surface area contributed by atoms with E-state index in [0.29, 0.717) is 17.8 Å². The molecule has 3 aromatic rings. The van der Waals surface area contributed by atoms with Crippen LogP contribution >= 0.6 is 0 Å². The predicted octanol–water partition coefficient (Wildman–Crippen LogP) is 5.42. The SMILES string of the molecule is COc1ccc([C@H]2CCCCCN2[C@@H](C)c2nnc(-c3ccccc3)o2)cc1. The normalized spacial score (nSPS) is 19.1. The first-order valence-electron chi connectivity index (χ1n) is 10.0. The van der Waals surface area contributed by atoms with Gasteiger partial charge in [0, 0.05) is 11.6 Å². The Kier molecular flexibility index (Phi) is 5.72. The van der Waals surface area contributed by atoms with Crippen LogP contribution in [-0.2, 0) is 0 Å². The van der Waals surface area contributed by atoms with Crippen molar-refractivity contribution >= 4 is 0 Å². The maximum Gasteiger partial charge on any atom is 0.247 e. The number of aromatic nitrogens is 2. The van der Waals surface area contributed by atoms with E-state index in [4.69, 9.17) is 9.15 Å². The molecule has 146 valence electrons. The summed E-state index contributed by atoms with van der Waals surface area (Å²) in [5.41, 5.74) is 2.27. The zero-order valence-electron chi connectivity index (χ0n) is 16.5. The highest BCUT2D eigenvalue weighted by Gasteiger charge is 2.30. The van der Waals surface area contributed by atoms with Crippen LogP contribution in [0.5, 0.6) is 5.75 Å². The summed E-state index contributed by atoms with van der Waals surface area (Å²) in [6.07, 6.45) is 4.82. The molecule has 1 fully saturated rings. The van der Waals surface area contributed by atoms with E-state index in [2.05, 4.69) is 34.2 Å². The van der Waals surface area contributed by atoms with Crippen LogP contribution in [0.25, 0.3) is 11.5 Å². The van der Waals surface area contributed by atoms with Gasteiger partial charge in [-0.05, 0) is 56.1 Å². The number of likely N-dealkylation sites (tertiary alicyclic amines) is 1. The van der Waals surface area contributed by atoms with E-state index >= 15 is 0 Å². The zero-order valence-corrected chi connectivity index (χ0v) is 16.5. The van der Waals surface area contributed by atoms with E-state index < -0.39 is 0 Å². The summed E-state index contributed by atoms with van der Waals surface area (Å²) in [7, 11) is 1.70. The number of rotatable bonds is 5. The first kappa shape index (κ1) is 18.7. The minimum atomic E-state index is 0.0650. The highest BCUT2D eigenvalue weighted by Crippen LogP contribution is 2.37. The van der Waals surface area contributed by atoms with E-state index in [1.807, 2.05) is 42.5 Å². The molecule has 2 aromatic carbocycles. The molecule has 1 aromatic heterocycles. The molecule has 4 rings (SSSR count). The monoisotopic (exact) mass is 377 g/mol. The molecule has 0 bridgehead atoms. The molecular weight excluding hydrogens is 350 g/mol. The molecule has 1 aliphatic rings. The Morgan fingerprint density at radius 2 is 1.79 bits per heavy atom. The third-order valence-corrected chi connectivity index (χ3v) is 5.61. The fourth-order valence-corrected chi connectivity index (χ4v) is 4.02. The van der Waals surface area contributed by atoms with Crippen molar-refractivity contribution in [3.63, 3.8) is 0 Å². The molecule has 2 heterocycles. The highest BCUT2D eigenvalue weighted by atomic mass is 16.5. The van der Waals surface area contributed by atoms with E-state index in [-0.39, 0.29) is 6.04 Å². The van der Waals surface area contributed by atoms with E-state index in [1.165, 1.54) is 24.8 Å². The minimum Gasteiger partial charge on any atom is -0.497 e. The van der Waals surface area contributed by atoms with Crippen LogP contribution in [-0.4, -0.2) is 28.8 Å². The lowest BCUT2D eigenvalue weighted by Gasteiger charge is -2.33. The summed E-state index contributed by atoms with van der Waals surface area (Å²) in [5, 5.41) is 8.66. The summed E-state index contributed by atoms with van der Waals surface area (Å²) in [6.45, 7) is 3.20. The Hall–Kier alpha value is -2.66. The van der Waals surface area contributed by atoms with Crippen molar-refractivity contribution in [1.82, 2.24) is 15.1 Å². The lowest BCUT2D eigenvalue weighted by molar-refractivity contribution is 0.127. The van der Waals surface area contributed by atoms with Gasteiger partial charge in [-0.1, -0.05) is 43.2 Å². The van der Waals surface area contributed by atoms with Crippen LogP contribution in [0.4, 0.5) is 0 Å². The van der Waals surface area contributed by atoms with Gasteiger partial charge in [-0.2, -0.15) is 0 Å². The van der Waals surface area contributed by atoms with Gasteiger partial charge < -0.3 is 9.15 Å². The first-order chi connectivity index (χ1) is 13.8. The third-order valence-electron chi connectivity index (χ3n) is 5.61. The van der Waals surface area contributed by atoms with Crippen LogP contribution in [0.3, 0.4) is 0 Å². The number of nitrogens with zero attached hydrogens (tertiary/aromatic N) is 3. The van der Waals surface area contributed by atoms with Gasteiger partial charge in [0.1, 0.15) is 5.75 Å². The molecule has 1 saturated heterocycles. The Balaban J connectivity index is 1.59. The second-order valence-electron chi connectivity index (χ2n) is 7.36. The lowest BCUT2D eigenvalue weighted by atomic mass is 9.99. The molecule has 0 aliphatic carbocycles. The van der Waals surface area contributed by atoms with Crippen LogP contribution in [0, 0.1) is 0 Å². The molecule has 5 nitrogen and oxygen atoms in total. The first-order valence-corrected chi connectivity index (χ1v) is 10.0. The molecule has 0 saturated carbocycles. The van der Waals surface area contributed by atoms with Crippen LogP contribution < -0.4 is 4.74 Å². The Morgan fingerprint density at radius 1 is 1.00 bits per heavy atom. The molecule has 0 radical (unpaired) electrons.